The molecule has 0 saturated heterocycles. The highest BCUT2D eigenvalue weighted by Gasteiger charge is 2.08. The molecule has 0 aromatic heterocycles. The third-order valence-electron chi connectivity index (χ3n) is 2.99. The van der Waals surface area contributed by atoms with Crippen LogP contribution in [0, 0.1) is 0 Å². The Morgan fingerprint density at radius 2 is 1.53 bits per heavy atom. The van der Waals surface area contributed by atoms with Gasteiger partial charge >= 0.3 is 0 Å². The number of aryl methyl sites for hydroxylation is 2. The summed E-state index contributed by atoms with van der Waals surface area (Å²) < 4.78 is 5.42. The fourth-order valence-corrected chi connectivity index (χ4v) is 2.02. The second kappa shape index (κ2) is 8.13. The Morgan fingerprint density at radius 1 is 1.00 bits per heavy atom. The standard InChI is InChI=1S/C15H24O2/c1-3-5-8-13-10-7-11-14(9-6-4-2)15(13)17-12-16/h7,10-11,16H,3-6,8-9,12H2,1-2H3. The summed E-state index contributed by atoms with van der Waals surface area (Å²) in [6, 6.07) is 6.31. The Morgan fingerprint density at radius 3 is 1.94 bits per heavy atom. The molecule has 0 amide bonds. The number of hydrogen-bond acceptors (Lipinski definition) is 2. The van der Waals surface area contributed by atoms with E-state index in [2.05, 4.69) is 32.0 Å². The van der Waals surface area contributed by atoms with Crippen LogP contribution in [-0.2, 0) is 12.8 Å². The summed E-state index contributed by atoms with van der Waals surface area (Å²) in [7, 11) is 0. The number of benzene rings is 1. The van der Waals surface area contributed by atoms with Crippen LogP contribution < -0.4 is 4.74 Å². The van der Waals surface area contributed by atoms with Gasteiger partial charge in [0.15, 0.2) is 6.79 Å². The molecule has 0 spiro atoms. The van der Waals surface area contributed by atoms with Gasteiger partial charge in [-0.05, 0) is 36.8 Å². The average Bonchev–Trinajstić information content (AvgIpc) is 2.36. The number of unbranched alkanes of at least 4 members (excludes halogenated alkanes) is 2. The lowest BCUT2D eigenvalue weighted by Crippen LogP contribution is -2.03. The van der Waals surface area contributed by atoms with Crippen LogP contribution in [0.25, 0.3) is 0 Å². The lowest BCUT2D eigenvalue weighted by molar-refractivity contribution is 0.0965. The van der Waals surface area contributed by atoms with E-state index in [9.17, 15) is 0 Å². The molecular formula is C15H24O2. The average molecular weight is 236 g/mol. The zero-order valence-corrected chi connectivity index (χ0v) is 11.0. The van der Waals surface area contributed by atoms with Gasteiger partial charge in [-0.2, -0.15) is 0 Å². The minimum absolute atomic E-state index is 0.234. The highest BCUT2D eigenvalue weighted by molar-refractivity contribution is 5.41. The Hall–Kier alpha value is -1.02. The SMILES string of the molecule is CCCCc1cccc(CCCC)c1OCO. The molecule has 2 heteroatoms. The monoisotopic (exact) mass is 236 g/mol. The Labute approximate surface area is 105 Å². The van der Waals surface area contributed by atoms with E-state index >= 15 is 0 Å². The van der Waals surface area contributed by atoms with Crippen molar-refractivity contribution in [3.8, 4) is 5.75 Å². The summed E-state index contributed by atoms with van der Waals surface area (Å²) in [4.78, 5) is 0. The van der Waals surface area contributed by atoms with Crippen LogP contribution in [0.1, 0.15) is 50.7 Å². The third-order valence-corrected chi connectivity index (χ3v) is 2.99. The highest BCUT2D eigenvalue weighted by atomic mass is 16.6. The lowest BCUT2D eigenvalue weighted by atomic mass is 10.0. The maximum atomic E-state index is 9.00. The highest BCUT2D eigenvalue weighted by Crippen LogP contribution is 2.27. The molecule has 17 heavy (non-hydrogen) atoms. The molecule has 0 aliphatic carbocycles. The van der Waals surface area contributed by atoms with E-state index in [0.29, 0.717) is 0 Å². The molecule has 0 atom stereocenters. The van der Waals surface area contributed by atoms with Gasteiger partial charge in [0.25, 0.3) is 0 Å². The van der Waals surface area contributed by atoms with Crippen molar-refractivity contribution in [3.05, 3.63) is 29.3 Å². The predicted octanol–water partition coefficient (Wildman–Crippen LogP) is 3.70. The summed E-state index contributed by atoms with van der Waals surface area (Å²) in [5.41, 5.74) is 2.46. The van der Waals surface area contributed by atoms with Gasteiger partial charge in [-0.3, -0.25) is 0 Å². The van der Waals surface area contributed by atoms with Crippen LogP contribution in [0.3, 0.4) is 0 Å². The molecule has 1 aromatic rings. The molecule has 0 aliphatic rings. The predicted molar refractivity (Wildman–Crippen MR) is 71.4 cm³/mol. The first-order valence-electron chi connectivity index (χ1n) is 6.67. The van der Waals surface area contributed by atoms with E-state index in [-0.39, 0.29) is 6.79 Å². The molecule has 0 aliphatic heterocycles. The zero-order valence-electron chi connectivity index (χ0n) is 11.0. The van der Waals surface area contributed by atoms with Gasteiger partial charge in [0.05, 0.1) is 0 Å². The van der Waals surface area contributed by atoms with Crippen LogP contribution in [-0.4, -0.2) is 11.9 Å². The molecule has 96 valence electrons. The molecule has 0 radical (unpaired) electrons. The Kier molecular flexibility index (Phi) is 6.71. The van der Waals surface area contributed by atoms with Gasteiger partial charge in [-0.1, -0.05) is 44.9 Å². The summed E-state index contributed by atoms with van der Waals surface area (Å²) >= 11 is 0. The molecule has 1 aromatic carbocycles. The summed E-state index contributed by atoms with van der Waals surface area (Å²) in [5.74, 6) is 0.914. The van der Waals surface area contributed by atoms with Crippen molar-refractivity contribution >= 4 is 0 Å². The topological polar surface area (TPSA) is 29.5 Å². The molecule has 2 nitrogen and oxygen atoms in total. The maximum absolute atomic E-state index is 9.00. The lowest BCUT2D eigenvalue weighted by Gasteiger charge is -2.14. The smallest absolute Gasteiger partial charge is 0.186 e. The summed E-state index contributed by atoms with van der Waals surface area (Å²) in [6.45, 7) is 4.14. The van der Waals surface area contributed by atoms with Gasteiger partial charge in [0.2, 0.25) is 0 Å². The van der Waals surface area contributed by atoms with Gasteiger partial charge in [-0.15, -0.1) is 0 Å². The number of para-hydroxylation sites is 1. The Bertz CT molecular complexity index is 294. The number of aliphatic hydroxyl groups is 1. The van der Waals surface area contributed by atoms with Gasteiger partial charge in [0, 0.05) is 0 Å². The second-order valence-corrected chi connectivity index (χ2v) is 4.39. The molecule has 1 N–H and O–H groups in total. The summed E-state index contributed by atoms with van der Waals surface area (Å²) in [6.07, 6.45) is 6.76. The first-order chi connectivity index (χ1) is 8.33. The molecule has 0 saturated carbocycles. The van der Waals surface area contributed by atoms with Crippen LogP contribution in [0.15, 0.2) is 18.2 Å². The Balaban J connectivity index is 2.86. The van der Waals surface area contributed by atoms with Crippen LogP contribution in [0.2, 0.25) is 0 Å². The number of hydrogen-bond donors (Lipinski definition) is 1. The van der Waals surface area contributed by atoms with E-state index in [1.807, 2.05) is 0 Å². The van der Waals surface area contributed by atoms with E-state index in [0.717, 1.165) is 18.6 Å². The molecule has 1 rings (SSSR count). The number of rotatable bonds is 8. The normalized spacial score (nSPS) is 10.5. The molecular weight excluding hydrogens is 212 g/mol. The van der Waals surface area contributed by atoms with Gasteiger partial charge in [0.1, 0.15) is 5.75 Å². The maximum Gasteiger partial charge on any atom is 0.186 e. The van der Waals surface area contributed by atoms with E-state index < -0.39 is 0 Å². The van der Waals surface area contributed by atoms with E-state index in [1.165, 1.54) is 36.8 Å². The third kappa shape index (κ3) is 4.39. The quantitative estimate of drug-likeness (QED) is 0.697. The van der Waals surface area contributed by atoms with Gasteiger partial charge < -0.3 is 9.84 Å². The molecule has 0 fully saturated rings. The van der Waals surface area contributed by atoms with Crippen molar-refractivity contribution in [2.75, 3.05) is 6.79 Å². The van der Waals surface area contributed by atoms with Crippen molar-refractivity contribution in [2.45, 2.75) is 52.4 Å². The van der Waals surface area contributed by atoms with Crippen molar-refractivity contribution in [3.63, 3.8) is 0 Å². The summed E-state index contributed by atoms with van der Waals surface area (Å²) in [5, 5.41) is 9.00. The molecule has 0 heterocycles. The minimum Gasteiger partial charge on any atom is -0.467 e. The fourth-order valence-electron chi connectivity index (χ4n) is 2.02. The largest absolute Gasteiger partial charge is 0.467 e. The van der Waals surface area contributed by atoms with Gasteiger partial charge in [-0.25, -0.2) is 0 Å². The number of ether oxygens (including phenoxy) is 1. The van der Waals surface area contributed by atoms with Crippen molar-refractivity contribution in [1.29, 1.82) is 0 Å². The molecule has 0 bridgehead atoms. The van der Waals surface area contributed by atoms with E-state index in [1.54, 1.807) is 0 Å². The van der Waals surface area contributed by atoms with Crippen LogP contribution in [0.5, 0.6) is 5.75 Å². The first-order valence-corrected chi connectivity index (χ1v) is 6.67. The van der Waals surface area contributed by atoms with Crippen molar-refractivity contribution < 1.29 is 9.84 Å². The minimum atomic E-state index is -0.234. The molecule has 0 unspecified atom stereocenters. The zero-order chi connectivity index (χ0) is 12.5. The fraction of sp³-hybridized carbons (Fsp3) is 0.600. The number of aliphatic hydroxyl groups excluding tert-OH is 1. The first kappa shape index (κ1) is 14.0. The van der Waals surface area contributed by atoms with Crippen molar-refractivity contribution in [1.82, 2.24) is 0 Å². The van der Waals surface area contributed by atoms with Crippen molar-refractivity contribution in [2.24, 2.45) is 0 Å². The van der Waals surface area contributed by atoms with Crippen LogP contribution >= 0.6 is 0 Å². The van der Waals surface area contributed by atoms with Crippen LogP contribution in [0.4, 0.5) is 0 Å². The second-order valence-electron chi connectivity index (χ2n) is 4.39. The van der Waals surface area contributed by atoms with E-state index in [4.69, 9.17) is 9.84 Å².